The number of carbonyl (C=O) groups is 3. The molecule has 0 spiro atoms. The average Bonchev–Trinajstić information content (AvgIpc) is 2.78. The van der Waals surface area contributed by atoms with Gasteiger partial charge in [-0.25, -0.2) is 4.79 Å². The summed E-state index contributed by atoms with van der Waals surface area (Å²) in [7, 11) is 1.50. The number of carboxylic acids is 1. The maximum absolute atomic E-state index is 12.3. The summed E-state index contributed by atoms with van der Waals surface area (Å²) in [6, 6.07) is 3.44. The molecule has 1 aromatic rings. The highest BCUT2D eigenvalue weighted by molar-refractivity contribution is 14.1. The number of aliphatic carboxylic acids is 1. The van der Waals surface area contributed by atoms with Crippen LogP contribution in [0.25, 0.3) is 6.08 Å². The zero-order chi connectivity index (χ0) is 18.6. The van der Waals surface area contributed by atoms with Crippen LogP contribution >= 0.6 is 50.3 Å². The second-order valence-electron chi connectivity index (χ2n) is 4.82. The summed E-state index contributed by atoms with van der Waals surface area (Å²) < 4.78 is 11.4. The number of thioether (sulfide) groups is 1. The van der Waals surface area contributed by atoms with Crippen LogP contribution in [0.15, 0.2) is 21.5 Å². The first-order chi connectivity index (χ1) is 11.8. The molecule has 1 aliphatic rings. The molecule has 2 amide bonds. The minimum atomic E-state index is -1.07. The molecule has 7 nitrogen and oxygen atoms in total. The molecule has 0 radical (unpaired) electrons. The summed E-state index contributed by atoms with van der Waals surface area (Å²) in [5.41, 5.74) is 0.691. The highest BCUT2D eigenvalue weighted by atomic mass is 127. The van der Waals surface area contributed by atoms with Gasteiger partial charge in [-0.15, -0.1) is 0 Å². The predicted molar refractivity (Wildman–Crippen MR) is 105 cm³/mol. The van der Waals surface area contributed by atoms with Gasteiger partial charge in [0, 0.05) is 7.11 Å². The molecule has 1 aliphatic heterocycles. The molecule has 1 heterocycles. The first kappa shape index (κ1) is 20.2. The molecular weight excluding hydrogens is 529 g/mol. The fourth-order valence-corrected chi connectivity index (χ4v) is 4.60. The van der Waals surface area contributed by atoms with E-state index in [4.69, 9.17) is 14.6 Å². The maximum atomic E-state index is 12.3. The topological polar surface area (TPSA) is 93.1 Å². The molecule has 1 saturated heterocycles. The number of amides is 2. The zero-order valence-corrected chi connectivity index (χ0v) is 17.5. The van der Waals surface area contributed by atoms with Crippen LogP contribution in [0.2, 0.25) is 0 Å². The number of carboxylic acid groups (broad SMARTS) is 1. The second-order valence-corrected chi connectivity index (χ2v) is 7.83. The van der Waals surface area contributed by atoms with Gasteiger partial charge >= 0.3 is 5.97 Å². The van der Waals surface area contributed by atoms with Crippen LogP contribution in [0.4, 0.5) is 4.79 Å². The SMILES string of the molecule is COCCN1C(=O)S/C(=C/c2cc(Br)c(OCC(=O)O)c(I)c2)C1=O. The monoisotopic (exact) mass is 541 g/mol. The Morgan fingerprint density at radius 3 is 2.76 bits per heavy atom. The standard InChI is InChI=1S/C15H13BrINO6S/c1-23-3-2-18-14(21)11(25-15(18)22)6-8-4-9(16)13(10(17)5-8)24-7-12(19)20/h4-6H,2-3,7H2,1H3,(H,19,20)/b11-6+. The van der Waals surface area contributed by atoms with Crippen LogP contribution in [-0.2, 0) is 14.3 Å². The summed E-state index contributed by atoms with van der Waals surface area (Å²) in [6.45, 7) is 0.0401. The third kappa shape index (κ3) is 5.19. The summed E-state index contributed by atoms with van der Waals surface area (Å²) in [4.78, 5) is 36.3. The first-order valence-corrected chi connectivity index (χ1v) is 9.60. The Hall–Kier alpha value is -1.11. The van der Waals surface area contributed by atoms with Gasteiger partial charge in [0.25, 0.3) is 11.1 Å². The number of ether oxygens (including phenoxy) is 2. The van der Waals surface area contributed by atoms with Crippen molar-refractivity contribution in [3.05, 3.63) is 30.6 Å². The van der Waals surface area contributed by atoms with E-state index >= 15 is 0 Å². The van der Waals surface area contributed by atoms with Crippen molar-refractivity contribution in [3.63, 3.8) is 0 Å². The van der Waals surface area contributed by atoms with E-state index in [1.807, 2.05) is 22.6 Å². The van der Waals surface area contributed by atoms with Crippen molar-refractivity contribution in [1.29, 1.82) is 0 Å². The van der Waals surface area contributed by atoms with Crippen molar-refractivity contribution in [3.8, 4) is 5.75 Å². The van der Waals surface area contributed by atoms with E-state index in [1.165, 1.54) is 7.11 Å². The van der Waals surface area contributed by atoms with E-state index in [1.54, 1.807) is 18.2 Å². The quantitative estimate of drug-likeness (QED) is 0.418. The molecule has 1 N–H and O–H groups in total. The second kappa shape index (κ2) is 9.01. The van der Waals surface area contributed by atoms with Crippen LogP contribution in [0, 0.1) is 3.57 Å². The number of carbonyl (C=O) groups excluding carboxylic acids is 2. The van der Waals surface area contributed by atoms with Crippen LogP contribution < -0.4 is 4.74 Å². The lowest BCUT2D eigenvalue weighted by Gasteiger charge is -2.11. The summed E-state index contributed by atoms with van der Waals surface area (Å²) in [5, 5.41) is 8.37. The Bertz CT molecular complexity index is 731. The van der Waals surface area contributed by atoms with Gasteiger partial charge < -0.3 is 14.6 Å². The lowest BCUT2D eigenvalue weighted by Crippen LogP contribution is -2.31. The fraction of sp³-hybridized carbons (Fsp3) is 0.267. The van der Waals surface area contributed by atoms with Crippen molar-refractivity contribution < 1.29 is 29.0 Å². The van der Waals surface area contributed by atoms with Gasteiger partial charge in [0.1, 0.15) is 5.75 Å². The third-order valence-corrected chi connectivity index (χ3v) is 5.35. The van der Waals surface area contributed by atoms with E-state index in [0.29, 0.717) is 24.3 Å². The lowest BCUT2D eigenvalue weighted by atomic mass is 10.2. The molecule has 0 unspecified atom stereocenters. The molecule has 25 heavy (non-hydrogen) atoms. The van der Waals surface area contributed by atoms with Crippen molar-refractivity contribution in [2.45, 2.75) is 0 Å². The van der Waals surface area contributed by atoms with Gasteiger partial charge in [-0.05, 0) is 74.1 Å². The van der Waals surface area contributed by atoms with Gasteiger partial charge in [0.15, 0.2) is 6.61 Å². The number of rotatable bonds is 7. The molecule has 2 rings (SSSR count). The van der Waals surface area contributed by atoms with Crippen LogP contribution in [0.3, 0.4) is 0 Å². The Morgan fingerprint density at radius 1 is 1.44 bits per heavy atom. The summed E-state index contributed by atoms with van der Waals surface area (Å²) in [6.07, 6.45) is 1.62. The molecule has 0 aromatic heterocycles. The van der Waals surface area contributed by atoms with Crippen LogP contribution in [0.1, 0.15) is 5.56 Å². The van der Waals surface area contributed by atoms with Gasteiger partial charge in [-0.1, -0.05) is 0 Å². The Labute approximate surface area is 170 Å². The summed E-state index contributed by atoms with van der Waals surface area (Å²) in [5.74, 6) is -1.02. The number of halogens is 2. The highest BCUT2D eigenvalue weighted by Gasteiger charge is 2.34. The molecule has 0 bridgehead atoms. The molecule has 134 valence electrons. The van der Waals surface area contributed by atoms with Crippen LogP contribution in [0.5, 0.6) is 5.75 Å². The molecule has 1 fully saturated rings. The predicted octanol–water partition coefficient (Wildman–Crippen LogP) is 3.20. The van der Waals surface area contributed by atoms with Crippen molar-refractivity contribution in [2.75, 3.05) is 26.9 Å². The lowest BCUT2D eigenvalue weighted by molar-refractivity contribution is -0.139. The molecular formula is C15H13BrINO6S. The Balaban J connectivity index is 2.22. The molecule has 10 heteroatoms. The molecule has 0 atom stereocenters. The van der Waals surface area contributed by atoms with Gasteiger partial charge in [-0.2, -0.15) is 0 Å². The van der Waals surface area contributed by atoms with E-state index in [2.05, 4.69) is 15.9 Å². The first-order valence-electron chi connectivity index (χ1n) is 6.91. The van der Waals surface area contributed by atoms with Crippen LogP contribution in [-0.4, -0.2) is 54.0 Å². The smallest absolute Gasteiger partial charge is 0.341 e. The van der Waals surface area contributed by atoms with E-state index in [-0.39, 0.29) is 24.3 Å². The Morgan fingerprint density at radius 2 is 2.16 bits per heavy atom. The minimum absolute atomic E-state index is 0.210. The fourth-order valence-electron chi connectivity index (χ4n) is 1.96. The molecule has 0 aliphatic carbocycles. The largest absolute Gasteiger partial charge is 0.480 e. The normalized spacial score (nSPS) is 16.0. The van der Waals surface area contributed by atoms with Gasteiger partial charge in [0.2, 0.25) is 0 Å². The number of imide groups is 1. The van der Waals surface area contributed by atoms with E-state index in [0.717, 1.165) is 16.7 Å². The average molecular weight is 542 g/mol. The van der Waals surface area contributed by atoms with Crippen molar-refractivity contribution in [1.82, 2.24) is 4.90 Å². The number of nitrogens with zero attached hydrogens (tertiary/aromatic N) is 1. The molecule has 1 aromatic carbocycles. The van der Waals surface area contributed by atoms with E-state index < -0.39 is 12.6 Å². The number of methoxy groups -OCH3 is 1. The molecule has 0 saturated carbocycles. The highest BCUT2D eigenvalue weighted by Crippen LogP contribution is 2.36. The minimum Gasteiger partial charge on any atom is -0.480 e. The number of hydrogen-bond donors (Lipinski definition) is 1. The zero-order valence-electron chi connectivity index (χ0n) is 13.0. The maximum Gasteiger partial charge on any atom is 0.341 e. The van der Waals surface area contributed by atoms with Gasteiger partial charge in [0.05, 0.1) is 26.1 Å². The van der Waals surface area contributed by atoms with Gasteiger partial charge in [-0.3, -0.25) is 14.5 Å². The van der Waals surface area contributed by atoms with E-state index in [9.17, 15) is 14.4 Å². The number of hydrogen-bond acceptors (Lipinski definition) is 6. The third-order valence-electron chi connectivity index (χ3n) is 3.05. The van der Waals surface area contributed by atoms with Crippen molar-refractivity contribution in [2.24, 2.45) is 0 Å². The Kier molecular flexibility index (Phi) is 7.28. The summed E-state index contributed by atoms with van der Waals surface area (Å²) >= 11 is 6.22. The number of benzene rings is 1. The van der Waals surface area contributed by atoms with Crippen molar-refractivity contribution >= 4 is 73.5 Å².